The molecule has 0 saturated carbocycles. The van der Waals surface area contributed by atoms with E-state index in [9.17, 15) is 0 Å². The van der Waals surface area contributed by atoms with E-state index in [-0.39, 0.29) is 11.9 Å². The van der Waals surface area contributed by atoms with E-state index in [2.05, 4.69) is 30.0 Å². The lowest BCUT2D eigenvalue weighted by Crippen LogP contribution is -2.40. The van der Waals surface area contributed by atoms with Crippen LogP contribution in [-0.2, 0) is 4.74 Å². The average Bonchev–Trinajstić information content (AvgIpc) is 2.48. The molecule has 0 aliphatic carbocycles. The molecule has 5 heteroatoms. The van der Waals surface area contributed by atoms with Gasteiger partial charge < -0.3 is 15.4 Å². The van der Waals surface area contributed by atoms with E-state index < -0.39 is 0 Å². The number of hydrogen-bond acceptors (Lipinski definition) is 4. The van der Waals surface area contributed by atoms with Crippen LogP contribution in [0, 0.1) is 5.41 Å². The highest BCUT2D eigenvalue weighted by Gasteiger charge is 2.23. The zero-order valence-electron chi connectivity index (χ0n) is 12.9. The van der Waals surface area contributed by atoms with Crippen molar-refractivity contribution in [2.75, 3.05) is 30.3 Å². The van der Waals surface area contributed by atoms with Crippen molar-refractivity contribution in [1.29, 1.82) is 5.41 Å². The molecule has 1 aliphatic heterocycles. The van der Waals surface area contributed by atoms with Gasteiger partial charge in [0.25, 0.3) is 0 Å². The number of benzene rings is 1. The lowest BCUT2D eigenvalue weighted by atomic mass is 10.0. The van der Waals surface area contributed by atoms with Crippen molar-refractivity contribution in [2.45, 2.75) is 37.7 Å². The first-order valence-corrected chi connectivity index (χ1v) is 8.62. The van der Waals surface area contributed by atoms with E-state index in [1.807, 2.05) is 6.92 Å². The Morgan fingerprint density at radius 3 is 2.95 bits per heavy atom. The summed E-state index contributed by atoms with van der Waals surface area (Å²) in [5, 5.41) is 7.95. The first kappa shape index (κ1) is 16.2. The number of nitrogens with two attached hydrogens (primary N) is 1. The predicted molar refractivity (Wildman–Crippen MR) is 90.7 cm³/mol. The highest BCUT2D eigenvalue weighted by molar-refractivity contribution is 7.99. The van der Waals surface area contributed by atoms with Crippen LogP contribution in [0.15, 0.2) is 23.1 Å². The van der Waals surface area contributed by atoms with Crippen molar-refractivity contribution in [3.05, 3.63) is 23.8 Å². The van der Waals surface area contributed by atoms with Gasteiger partial charge in [-0.25, -0.2) is 0 Å². The van der Waals surface area contributed by atoms with Gasteiger partial charge in [0.05, 0.1) is 11.7 Å². The molecule has 0 radical (unpaired) electrons. The van der Waals surface area contributed by atoms with Crippen molar-refractivity contribution in [3.63, 3.8) is 0 Å². The van der Waals surface area contributed by atoms with Crippen LogP contribution >= 0.6 is 11.8 Å². The topological polar surface area (TPSA) is 62.3 Å². The second-order valence-electron chi connectivity index (χ2n) is 5.16. The number of amidine groups is 1. The zero-order valence-corrected chi connectivity index (χ0v) is 13.7. The fourth-order valence-corrected chi connectivity index (χ4v) is 3.70. The van der Waals surface area contributed by atoms with Gasteiger partial charge in [0.1, 0.15) is 5.84 Å². The smallest absolute Gasteiger partial charge is 0.126 e. The maximum atomic E-state index is 7.95. The molecule has 1 aromatic rings. The summed E-state index contributed by atoms with van der Waals surface area (Å²) in [7, 11) is 0. The molecular formula is C16H25N3OS. The van der Waals surface area contributed by atoms with Crippen molar-refractivity contribution < 1.29 is 4.74 Å². The monoisotopic (exact) mass is 307 g/mol. The van der Waals surface area contributed by atoms with Gasteiger partial charge in [-0.1, -0.05) is 13.0 Å². The lowest BCUT2D eigenvalue weighted by molar-refractivity contribution is 0.0526. The molecule has 1 unspecified atom stereocenters. The molecule has 1 heterocycles. The molecule has 21 heavy (non-hydrogen) atoms. The Balaban J connectivity index is 2.29. The van der Waals surface area contributed by atoms with Gasteiger partial charge in [-0.05, 0) is 37.7 Å². The van der Waals surface area contributed by atoms with Crippen LogP contribution in [0.1, 0.15) is 32.3 Å². The Bertz CT molecular complexity index is 490. The molecule has 0 spiro atoms. The molecule has 0 bridgehead atoms. The van der Waals surface area contributed by atoms with E-state index >= 15 is 0 Å². The molecule has 1 fully saturated rings. The molecule has 1 aromatic carbocycles. The average molecular weight is 307 g/mol. The third kappa shape index (κ3) is 3.92. The van der Waals surface area contributed by atoms with Crippen molar-refractivity contribution in [2.24, 2.45) is 5.73 Å². The molecular weight excluding hydrogens is 282 g/mol. The standard InChI is InChI=1S/C16H25N3OS/c1-3-20-12-7-6-10-19(11-12)13-8-5-9-14(21-4-2)15(13)16(17)18/h5,8-9,12H,3-4,6-7,10-11H2,1-2H3,(H3,17,18). The molecule has 0 aromatic heterocycles. The van der Waals surface area contributed by atoms with Crippen LogP contribution in [0.4, 0.5) is 5.69 Å². The Labute approximate surface area is 131 Å². The molecule has 0 amide bonds. The van der Waals surface area contributed by atoms with E-state index in [4.69, 9.17) is 15.9 Å². The highest BCUT2D eigenvalue weighted by Crippen LogP contribution is 2.32. The van der Waals surface area contributed by atoms with Gasteiger partial charge >= 0.3 is 0 Å². The van der Waals surface area contributed by atoms with Crippen molar-refractivity contribution >= 4 is 23.3 Å². The first-order valence-electron chi connectivity index (χ1n) is 7.64. The van der Waals surface area contributed by atoms with Crippen molar-refractivity contribution in [1.82, 2.24) is 0 Å². The molecule has 116 valence electrons. The number of nitrogen functional groups attached to an aromatic ring is 1. The molecule has 1 aliphatic rings. The first-order chi connectivity index (χ1) is 10.2. The number of hydrogen-bond donors (Lipinski definition) is 2. The van der Waals surface area contributed by atoms with Gasteiger partial charge in [-0.15, -0.1) is 11.8 Å². The number of nitrogens with one attached hydrogen (secondary N) is 1. The largest absolute Gasteiger partial charge is 0.384 e. The SMILES string of the molecule is CCOC1CCCN(c2cccc(SCC)c2C(=N)N)C1. The van der Waals surface area contributed by atoms with Gasteiger partial charge in [0, 0.05) is 30.3 Å². The summed E-state index contributed by atoms with van der Waals surface area (Å²) >= 11 is 1.74. The summed E-state index contributed by atoms with van der Waals surface area (Å²) in [5.41, 5.74) is 7.81. The van der Waals surface area contributed by atoms with Crippen LogP contribution in [0.25, 0.3) is 0 Å². The van der Waals surface area contributed by atoms with E-state index in [1.165, 1.54) is 0 Å². The highest BCUT2D eigenvalue weighted by atomic mass is 32.2. The Hall–Kier alpha value is -1.20. The second kappa shape index (κ2) is 7.71. The van der Waals surface area contributed by atoms with Gasteiger partial charge in [0.2, 0.25) is 0 Å². The summed E-state index contributed by atoms with van der Waals surface area (Å²) < 4.78 is 5.78. The van der Waals surface area contributed by atoms with E-state index in [0.29, 0.717) is 0 Å². The number of thioether (sulfide) groups is 1. The zero-order chi connectivity index (χ0) is 15.2. The molecule has 4 nitrogen and oxygen atoms in total. The number of ether oxygens (including phenoxy) is 1. The number of rotatable bonds is 6. The molecule has 1 saturated heterocycles. The van der Waals surface area contributed by atoms with Gasteiger partial charge in [0.15, 0.2) is 0 Å². The molecule has 2 rings (SSSR count). The summed E-state index contributed by atoms with van der Waals surface area (Å²) in [4.78, 5) is 3.42. The van der Waals surface area contributed by atoms with Crippen LogP contribution in [0.3, 0.4) is 0 Å². The van der Waals surface area contributed by atoms with Gasteiger partial charge in [-0.2, -0.15) is 0 Å². The van der Waals surface area contributed by atoms with Crippen LogP contribution in [0.5, 0.6) is 0 Å². The fraction of sp³-hybridized carbons (Fsp3) is 0.562. The second-order valence-corrected chi connectivity index (χ2v) is 6.47. The summed E-state index contributed by atoms with van der Waals surface area (Å²) in [6.45, 7) is 6.80. The Morgan fingerprint density at radius 2 is 2.29 bits per heavy atom. The van der Waals surface area contributed by atoms with E-state index in [1.54, 1.807) is 11.8 Å². The number of nitrogens with zero attached hydrogens (tertiary/aromatic N) is 1. The maximum absolute atomic E-state index is 7.95. The van der Waals surface area contributed by atoms with Crippen LogP contribution < -0.4 is 10.6 Å². The normalized spacial score (nSPS) is 18.8. The molecule has 3 N–H and O–H groups in total. The third-order valence-electron chi connectivity index (χ3n) is 3.69. The minimum Gasteiger partial charge on any atom is -0.384 e. The molecule has 1 atom stereocenters. The minimum atomic E-state index is 0.153. The van der Waals surface area contributed by atoms with Crippen LogP contribution in [0.2, 0.25) is 0 Å². The Morgan fingerprint density at radius 1 is 1.48 bits per heavy atom. The number of anilines is 1. The minimum absolute atomic E-state index is 0.153. The maximum Gasteiger partial charge on any atom is 0.126 e. The summed E-state index contributed by atoms with van der Waals surface area (Å²) in [6, 6.07) is 6.19. The van der Waals surface area contributed by atoms with Crippen LogP contribution in [-0.4, -0.2) is 37.4 Å². The number of piperidine rings is 1. The predicted octanol–water partition coefficient (Wildman–Crippen LogP) is 3.09. The lowest BCUT2D eigenvalue weighted by Gasteiger charge is -2.35. The van der Waals surface area contributed by atoms with Gasteiger partial charge in [-0.3, -0.25) is 5.41 Å². The third-order valence-corrected chi connectivity index (χ3v) is 4.63. The van der Waals surface area contributed by atoms with Crippen molar-refractivity contribution in [3.8, 4) is 0 Å². The fourth-order valence-electron chi connectivity index (χ4n) is 2.86. The summed E-state index contributed by atoms with van der Waals surface area (Å²) in [5.74, 6) is 1.13. The summed E-state index contributed by atoms with van der Waals surface area (Å²) in [6.07, 6.45) is 2.52. The Kier molecular flexibility index (Phi) is 5.94. The quantitative estimate of drug-likeness (QED) is 0.481. The van der Waals surface area contributed by atoms with E-state index in [0.717, 1.165) is 54.4 Å².